The first kappa shape index (κ1) is 30.2. The Morgan fingerprint density at radius 1 is 1.14 bits per heavy atom. The average Bonchev–Trinajstić information content (AvgIpc) is 3.00. The number of alkyl carbamates (subject to hydrolysis) is 1. The van der Waals surface area contributed by atoms with Crippen LogP contribution in [-0.2, 0) is 9.47 Å². The number of carbonyl (C=O) groups excluding carboxylic acids is 2. The summed E-state index contributed by atoms with van der Waals surface area (Å²) < 4.78 is 32.1. The van der Waals surface area contributed by atoms with Gasteiger partial charge in [-0.1, -0.05) is 42.0 Å². The van der Waals surface area contributed by atoms with Gasteiger partial charge in [-0.25, -0.2) is 9.18 Å². The number of nitrogens with one attached hydrogen (secondary N) is 1. The third kappa shape index (κ3) is 7.03. The molecule has 2 atom stereocenters. The fourth-order valence-electron chi connectivity index (χ4n) is 5.63. The van der Waals surface area contributed by atoms with Crippen LogP contribution in [0.25, 0.3) is 0 Å². The Kier molecular flexibility index (Phi) is 9.68. The summed E-state index contributed by atoms with van der Waals surface area (Å²) >= 11 is 0. The zero-order valence-electron chi connectivity index (χ0n) is 24.3. The second-order valence-corrected chi connectivity index (χ2v) is 10.6. The molecule has 3 heterocycles. The van der Waals surface area contributed by atoms with Crippen molar-refractivity contribution in [1.82, 2.24) is 24.9 Å². The fourth-order valence-corrected chi connectivity index (χ4v) is 5.63. The van der Waals surface area contributed by atoms with Crippen molar-refractivity contribution in [3.8, 4) is 5.75 Å². The number of rotatable bonds is 10. The van der Waals surface area contributed by atoms with Crippen molar-refractivity contribution in [3.63, 3.8) is 0 Å². The van der Waals surface area contributed by atoms with Gasteiger partial charge < -0.3 is 24.4 Å². The lowest BCUT2D eigenvalue weighted by Gasteiger charge is -2.39. The number of nitrogens with zero attached hydrogens (tertiary/aromatic N) is 4. The van der Waals surface area contributed by atoms with Gasteiger partial charge >= 0.3 is 6.09 Å². The number of amides is 2. The summed E-state index contributed by atoms with van der Waals surface area (Å²) in [4.78, 5) is 42.6. The van der Waals surface area contributed by atoms with Gasteiger partial charge in [-0.2, -0.15) is 5.10 Å². The molecule has 11 nitrogen and oxygen atoms in total. The molecule has 1 saturated heterocycles. The smallest absolute Gasteiger partial charge is 0.410 e. The number of fused-ring (bicyclic) bond motifs is 1. The van der Waals surface area contributed by atoms with Gasteiger partial charge in [-0.15, -0.1) is 0 Å². The summed E-state index contributed by atoms with van der Waals surface area (Å²) in [6.45, 7) is 7.81. The Hall–Kier alpha value is -4.29. The predicted molar refractivity (Wildman–Crippen MR) is 156 cm³/mol. The first-order chi connectivity index (χ1) is 20.9. The van der Waals surface area contributed by atoms with E-state index in [-0.39, 0.29) is 23.8 Å². The highest BCUT2D eigenvalue weighted by molar-refractivity contribution is 5.96. The molecule has 0 radical (unpaired) electrons. The Morgan fingerprint density at radius 3 is 2.60 bits per heavy atom. The molecule has 12 heteroatoms. The molecule has 0 saturated carbocycles. The highest BCUT2D eigenvalue weighted by Crippen LogP contribution is 2.39. The van der Waals surface area contributed by atoms with Crippen LogP contribution >= 0.6 is 0 Å². The number of hydrogen-bond acceptors (Lipinski definition) is 8. The summed E-state index contributed by atoms with van der Waals surface area (Å²) in [6, 6.07) is 13.7. The highest BCUT2D eigenvalue weighted by Gasteiger charge is 2.39. The fraction of sp³-hybridized carbons (Fsp3) is 0.419. The largest absolute Gasteiger partial charge is 0.451 e. The molecule has 2 amide bonds. The second-order valence-electron chi connectivity index (χ2n) is 10.6. The molecule has 2 aliphatic rings. The molecule has 2 aromatic carbocycles. The number of carbonyl (C=O) groups is 2. The maximum Gasteiger partial charge on any atom is 0.410 e. The second kappa shape index (κ2) is 13.8. The maximum atomic E-state index is 14.5. The van der Waals surface area contributed by atoms with E-state index in [1.807, 2.05) is 44.2 Å². The molecular weight excluding hydrogens is 557 g/mol. The number of aryl methyl sites for hydroxylation is 1. The highest BCUT2D eigenvalue weighted by atomic mass is 19.1. The van der Waals surface area contributed by atoms with E-state index in [9.17, 15) is 18.8 Å². The zero-order valence-corrected chi connectivity index (χ0v) is 24.3. The Bertz CT molecular complexity index is 1460. The van der Waals surface area contributed by atoms with Crippen LogP contribution < -0.4 is 15.5 Å². The first-order valence-corrected chi connectivity index (χ1v) is 14.4. The van der Waals surface area contributed by atoms with E-state index < -0.39 is 36.2 Å². The molecule has 0 bridgehead atoms. The van der Waals surface area contributed by atoms with E-state index >= 15 is 0 Å². The van der Waals surface area contributed by atoms with E-state index in [0.29, 0.717) is 38.4 Å². The number of likely N-dealkylation sites (N-methyl/N-ethyl adjacent to an activating group) is 1. The van der Waals surface area contributed by atoms with Gasteiger partial charge in [0.15, 0.2) is 5.69 Å². The third-order valence-corrected chi connectivity index (χ3v) is 7.75. The molecule has 0 aliphatic carbocycles. The predicted octanol–water partition coefficient (Wildman–Crippen LogP) is 2.93. The standard InChI is InChI=1S/C31H36FN5O6/c1-3-36-19-25(27(22-7-4-6-21(2)16-22)23-8-5-9-24(32)17-23)37-28(30(36)39)29(26(38)18-34-37)42-20-43-31(40)33-10-11-35-12-14-41-15-13-35/h4-9,16-18,25,27H,3,10-15,19-20H2,1-2H3,(H,33,40). The molecule has 1 fully saturated rings. The molecular formula is C31H36FN5O6. The van der Waals surface area contributed by atoms with Crippen LogP contribution in [0.1, 0.15) is 46.1 Å². The van der Waals surface area contributed by atoms with Gasteiger partial charge in [0, 0.05) is 45.2 Å². The quantitative estimate of drug-likeness (QED) is 0.357. The van der Waals surface area contributed by atoms with Crippen molar-refractivity contribution in [2.24, 2.45) is 0 Å². The number of hydrogen-bond donors (Lipinski definition) is 1. The van der Waals surface area contributed by atoms with Crippen LogP contribution in [0.2, 0.25) is 0 Å². The van der Waals surface area contributed by atoms with Crippen LogP contribution in [0.4, 0.5) is 9.18 Å². The Morgan fingerprint density at radius 2 is 1.88 bits per heavy atom. The van der Waals surface area contributed by atoms with Gasteiger partial charge in [0.2, 0.25) is 18.0 Å². The maximum absolute atomic E-state index is 14.5. The monoisotopic (exact) mass is 593 g/mol. The first-order valence-electron chi connectivity index (χ1n) is 14.4. The van der Waals surface area contributed by atoms with Crippen molar-refractivity contribution >= 4 is 12.0 Å². The van der Waals surface area contributed by atoms with Gasteiger partial charge in [0.05, 0.1) is 25.5 Å². The number of ether oxygens (including phenoxy) is 3. The van der Waals surface area contributed by atoms with Crippen LogP contribution in [0, 0.1) is 12.7 Å². The van der Waals surface area contributed by atoms with Crippen molar-refractivity contribution in [2.75, 3.05) is 59.3 Å². The van der Waals surface area contributed by atoms with E-state index in [1.165, 1.54) is 16.8 Å². The van der Waals surface area contributed by atoms with Gasteiger partial charge in [0.1, 0.15) is 5.82 Å². The molecule has 3 aromatic rings. The summed E-state index contributed by atoms with van der Waals surface area (Å²) in [5.74, 6) is -1.48. The van der Waals surface area contributed by atoms with Crippen LogP contribution in [0.5, 0.6) is 5.75 Å². The van der Waals surface area contributed by atoms with Crippen molar-refractivity contribution in [2.45, 2.75) is 25.8 Å². The van der Waals surface area contributed by atoms with Crippen LogP contribution in [0.15, 0.2) is 59.5 Å². The van der Waals surface area contributed by atoms with E-state index in [0.717, 1.165) is 30.4 Å². The number of halogens is 1. The normalized spacial score (nSPS) is 17.7. The molecule has 5 rings (SSSR count). The van der Waals surface area contributed by atoms with Crippen LogP contribution in [0.3, 0.4) is 0 Å². The topological polar surface area (TPSA) is 115 Å². The number of morpholine rings is 1. The van der Waals surface area contributed by atoms with Gasteiger partial charge in [-0.3, -0.25) is 19.2 Å². The number of benzene rings is 2. The third-order valence-electron chi connectivity index (χ3n) is 7.75. The molecule has 1 aromatic heterocycles. The van der Waals surface area contributed by atoms with E-state index in [2.05, 4.69) is 15.3 Å². The van der Waals surface area contributed by atoms with Crippen molar-refractivity contribution in [3.05, 3.63) is 93.2 Å². The molecule has 0 spiro atoms. The Labute approximate surface area is 249 Å². The van der Waals surface area contributed by atoms with E-state index in [1.54, 1.807) is 11.0 Å². The number of aromatic nitrogens is 2. The average molecular weight is 594 g/mol. The van der Waals surface area contributed by atoms with E-state index in [4.69, 9.17) is 14.2 Å². The molecule has 2 aliphatic heterocycles. The minimum atomic E-state index is -0.707. The summed E-state index contributed by atoms with van der Waals surface area (Å²) in [5.41, 5.74) is 1.97. The lowest BCUT2D eigenvalue weighted by molar-refractivity contribution is 0.0362. The zero-order chi connectivity index (χ0) is 30.3. The molecule has 43 heavy (non-hydrogen) atoms. The summed E-state index contributed by atoms with van der Waals surface area (Å²) in [5, 5.41) is 7.03. The molecule has 2 unspecified atom stereocenters. The summed E-state index contributed by atoms with van der Waals surface area (Å²) in [6.07, 6.45) is 0.378. The van der Waals surface area contributed by atoms with Crippen molar-refractivity contribution in [1.29, 1.82) is 0 Å². The van der Waals surface area contributed by atoms with Crippen molar-refractivity contribution < 1.29 is 28.2 Å². The van der Waals surface area contributed by atoms with Gasteiger partial charge in [0.25, 0.3) is 5.91 Å². The molecule has 1 N–H and O–H groups in total. The lowest BCUT2D eigenvalue weighted by Crippen LogP contribution is -2.47. The minimum absolute atomic E-state index is 0.0454. The van der Waals surface area contributed by atoms with Gasteiger partial charge in [-0.05, 0) is 37.1 Å². The minimum Gasteiger partial charge on any atom is -0.451 e. The Balaban J connectivity index is 1.40. The SMILES string of the molecule is CCN1CC(C(c2cccc(C)c2)c2cccc(F)c2)n2ncc(=O)c(OCOC(=O)NCCN3CCOCC3)c2C1=O. The molecule has 228 valence electrons. The lowest BCUT2D eigenvalue weighted by atomic mass is 9.83. The summed E-state index contributed by atoms with van der Waals surface area (Å²) in [7, 11) is 0. The van der Waals surface area contributed by atoms with Crippen LogP contribution in [-0.4, -0.2) is 90.9 Å².